The van der Waals surface area contributed by atoms with E-state index in [0.29, 0.717) is 23.0 Å². The van der Waals surface area contributed by atoms with Crippen molar-refractivity contribution in [3.8, 4) is 0 Å². The lowest BCUT2D eigenvalue weighted by Gasteiger charge is -2.03. The van der Waals surface area contributed by atoms with Gasteiger partial charge in [-0.05, 0) is 43.3 Å². The maximum absolute atomic E-state index is 12.7. The summed E-state index contributed by atoms with van der Waals surface area (Å²) in [4.78, 5) is 0.185. The fourth-order valence-electron chi connectivity index (χ4n) is 2.23. The molecule has 1 aromatic heterocycles. The van der Waals surface area contributed by atoms with E-state index in [9.17, 15) is 8.42 Å². The molecule has 3 rings (SSSR count). The molecule has 7 heteroatoms. The number of sulfonamides is 1. The predicted molar refractivity (Wildman–Crippen MR) is 94.7 cm³/mol. The molecule has 0 aliphatic heterocycles. The summed E-state index contributed by atoms with van der Waals surface area (Å²) < 4.78 is 33.0. The topological polar surface area (TPSA) is 86.2 Å². The highest BCUT2D eigenvalue weighted by atomic mass is 32.2. The van der Waals surface area contributed by atoms with Crippen molar-refractivity contribution in [2.24, 2.45) is 0 Å². The van der Waals surface area contributed by atoms with Crippen molar-refractivity contribution in [1.29, 1.82) is 0 Å². The second kappa shape index (κ2) is 6.90. The van der Waals surface area contributed by atoms with Crippen molar-refractivity contribution < 1.29 is 17.3 Å². The molecule has 0 aliphatic carbocycles. The van der Waals surface area contributed by atoms with Crippen LogP contribution in [0, 0.1) is 13.8 Å². The Hall–Kier alpha value is -2.93. The second-order valence-corrected chi connectivity index (χ2v) is 7.29. The van der Waals surface area contributed by atoms with Crippen molar-refractivity contribution in [2.75, 3.05) is 5.32 Å². The molecule has 0 bridgehead atoms. The first kappa shape index (κ1) is 16.9. The molecular weight excluding hydrogens is 338 g/mol. The fourth-order valence-corrected chi connectivity index (χ4v) is 3.28. The monoisotopic (exact) mass is 356 g/mol. The van der Waals surface area contributed by atoms with Crippen LogP contribution in [0.4, 0.5) is 5.82 Å². The molecule has 25 heavy (non-hydrogen) atoms. The lowest BCUT2D eigenvalue weighted by molar-refractivity contribution is -0.266. The number of rotatable bonds is 4. The van der Waals surface area contributed by atoms with Gasteiger partial charge in [-0.15, -0.1) is 0 Å². The van der Waals surface area contributed by atoms with Gasteiger partial charge in [0.05, 0.1) is 5.56 Å². The highest BCUT2D eigenvalue weighted by molar-refractivity contribution is 7.84. The normalized spacial score (nSPS) is 12.2. The predicted octanol–water partition coefficient (Wildman–Crippen LogP) is 1.62. The first-order valence-electron chi connectivity index (χ1n) is 7.66. The van der Waals surface area contributed by atoms with Gasteiger partial charge in [-0.25, -0.2) is 5.32 Å². The summed E-state index contributed by atoms with van der Waals surface area (Å²) in [5.74, 6) is 1.34. The number of hydrogen-bond acceptors (Lipinski definition) is 4. The van der Waals surface area contributed by atoms with Crippen LogP contribution in [0.15, 0.2) is 70.1 Å². The van der Waals surface area contributed by atoms with Gasteiger partial charge < -0.3 is 4.52 Å². The summed E-state index contributed by atoms with van der Waals surface area (Å²) in [6.07, 6.45) is 0. The van der Waals surface area contributed by atoms with Crippen molar-refractivity contribution in [2.45, 2.75) is 18.7 Å². The van der Waals surface area contributed by atoms with E-state index in [4.69, 9.17) is 4.52 Å². The van der Waals surface area contributed by atoms with E-state index in [1.165, 1.54) is 0 Å². The molecule has 2 N–H and O–H groups in total. The van der Waals surface area contributed by atoms with Crippen LogP contribution in [-0.2, 0) is 10.0 Å². The van der Waals surface area contributed by atoms with Crippen LogP contribution in [0.3, 0.4) is 0 Å². The van der Waals surface area contributed by atoms with E-state index < -0.39 is 10.0 Å². The minimum atomic E-state index is -3.75. The Labute approximate surface area is 146 Å². The van der Waals surface area contributed by atoms with Crippen LogP contribution in [-0.4, -0.2) is 19.4 Å². The minimum Gasteiger partial charge on any atom is -0.358 e. The fraction of sp³-hybridized carbons (Fsp3) is 0.111. The van der Waals surface area contributed by atoms with E-state index in [1.54, 1.807) is 49.4 Å². The molecule has 0 aliphatic rings. The molecule has 0 saturated heterocycles. The maximum atomic E-state index is 12.7. The van der Waals surface area contributed by atoms with Crippen LogP contribution in [0.25, 0.3) is 0 Å². The Kier molecular flexibility index (Phi) is 4.67. The van der Waals surface area contributed by atoms with Gasteiger partial charge in [-0.2, -0.15) is 12.8 Å². The highest BCUT2D eigenvalue weighted by Crippen LogP contribution is 2.10. The van der Waals surface area contributed by atoms with Gasteiger partial charge in [0.2, 0.25) is 0 Å². The Morgan fingerprint density at radius 2 is 1.72 bits per heavy atom. The third-order valence-corrected chi connectivity index (χ3v) is 4.88. The first-order chi connectivity index (χ1) is 11.9. The Bertz CT molecular complexity index is 992. The number of nitrogens with zero attached hydrogens (tertiary/aromatic N) is 1. The van der Waals surface area contributed by atoms with E-state index in [0.717, 1.165) is 5.56 Å². The van der Waals surface area contributed by atoms with E-state index >= 15 is 0 Å². The van der Waals surface area contributed by atoms with E-state index in [-0.39, 0.29) is 4.90 Å². The van der Waals surface area contributed by atoms with Crippen LogP contribution >= 0.6 is 0 Å². The van der Waals surface area contributed by atoms with Crippen molar-refractivity contribution in [1.82, 2.24) is 5.16 Å². The number of hydrogen-bond donors (Lipinski definition) is 2. The second-order valence-electron chi connectivity index (χ2n) is 5.61. The van der Waals surface area contributed by atoms with Crippen LogP contribution in [0.5, 0.6) is 0 Å². The SMILES string of the molecule is Cc1ccc(S(=O)(=O)[NH+]=C(Nc2cc(C)on2)c2ccccc2)cc1. The average molecular weight is 356 g/mol. The van der Waals surface area contributed by atoms with Crippen LogP contribution in [0.2, 0.25) is 0 Å². The summed E-state index contributed by atoms with van der Waals surface area (Å²) in [5, 5.41) is 6.83. The zero-order valence-electron chi connectivity index (χ0n) is 13.9. The van der Waals surface area contributed by atoms with Gasteiger partial charge in [-0.3, -0.25) is 0 Å². The number of aryl methyl sites for hydroxylation is 2. The van der Waals surface area contributed by atoms with E-state index in [2.05, 4.69) is 14.9 Å². The molecule has 0 atom stereocenters. The molecule has 0 saturated carbocycles. The molecular formula is C18H18N3O3S+. The van der Waals surface area contributed by atoms with Crippen molar-refractivity contribution in [3.05, 3.63) is 77.6 Å². The summed E-state index contributed by atoms with van der Waals surface area (Å²) in [5.41, 5.74) is 1.67. The van der Waals surface area contributed by atoms with Gasteiger partial charge in [-0.1, -0.05) is 35.9 Å². The highest BCUT2D eigenvalue weighted by Gasteiger charge is 2.21. The molecule has 0 fully saturated rings. The number of amidine groups is 1. The molecule has 3 aromatic rings. The number of anilines is 1. The Morgan fingerprint density at radius 1 is 1.04 bits per heavy atom. The van der Waals surface area contributed by atoms with Crippen molar-refractivity contribution in [3.63, 3.8) is 0 Å². The largest absolute Gasteiger partial charge is 0.358 e. The van der Waals surface area contributed by atoms with E-state index in [1.807, 2.05) is 25.1 Å². The van der Waals surface area contributed by atoms with Crippen LogP contribution in [0.1, 0.15) is 16.9 Å². The summed E-state index contributed by atoms with van der Waals surface area (Å²) >= 11 is 0. The molecule has 0 amide bonds. The lowest BCUT2D eigenvalue weighted by atomic mass is 10.2. The molecule has 0 unspecified atom stereocenters. The molecule has 0 spiro atoms. The zero-order chi connectivity index (χ0) is 17.9. The van der Waals surface area contributed by atoms with Crippen LogP contribution < -0.4 is 9.71 Å². The van der Waals surface area contributed by atoms with Gasteiger partial charge in [0.15, 0.2) is 0 Å². The summed E-state index contributed by atoms with van der Waals surface area (Å²) in [7, 11) is -3.75. The minimum absolute atomic E-state index is 0.185. The first-order valence-corrected chi connectivity index (χ1v) is 9.14. The summed E-state index contributed by atoms with van der Waals surface area (Å²) in [6, 6.07) is 17.4. The third-order valence-electron chi connectivity index (χ3n) is 3.51. The maximum Gasteiger partial charge on any atom is 0.328 e. The average Bonchev–Trinajstić information content (AvgIpc) is 3.00. The zero-order valence-corrected chi connectivity index (χ0v) is 14.7. The molecule has 0 radical (unpaired) electrons. The summed E-state index contributed by atoms with van der Waals surface area (Å²) in [6.45, 7) is 3.66. The molecule has 1 heterocycles. The molecule has 128 valence electrons. The van der Waals surface area contributed by atoms with Gasteiger partial charge in [0.25, 0.3) is 11.7 Å². The number of aromatic nitrogens is 1. The molecule has 6 nitrogen and oxygen atoms in total. The Morgan fingerprint density at radius 3 is 2.32 bits per heavy atom. The van der Waals surface area contributed by atoms with Crippen molar-refractivity contribution >= 4 is 21.7 Å². The number of benzene rings is 2. The van der Waals surface area contributed by atoms with Gasteiger partial charge in [0, 0.05) is 6.07 Å². The van der Waals surface area contributed by atoms with Gasteiger partial charge >= 0.3 is 10.0 Å². The quantitative estimate of drug-likeness (QED) is 0.548. The Balaban J connectivity index is 2.03. The number of nitrogens with one attached hydrogen (secondary N) is 2. The molecule has 2 aromatic carbocycles. The van der Waals surface area contributed by atoms with Gasteiger partial charge in [0.1, 0.15) is 10.7 Å². The standard InChI is InChI=1S/C18H17N3O3S/c1-13-8-10-16(11-9-13)25(22,23)21-18(15-6-4-3-5-7-15)19-17-12-14(2)24-20-17/h3-12H,1-2H3,(H,19,20,21)/p+1. The smallest absolute Gasteiger partial charge is 0.328 e. The third kappa shape index (κ3) is 4.13. The lowest BCUT2D eigenvalue weighted by Crippen LogP contribution is -2.78.